The number of nitrogens with two attached hydrogens (primary N) is 1. The molecule has 0 radical (unpaired) electrons. The van der Waals surface area contributed by atoms with Crippen LogP contribution in [0.15, 0.2) is 115 Å². The number of anilines is 1. The van der Waals surface area contributed by atoms with Crippen LogP contribution in [0.5, 0.6) is 11.5 Å². The Hall–Kier alpha value is -5.30. The van der Waals surface area contributed by atoms with Gasteiger partial charge in [-0.05, 0) is 87.5 Å². The van der Waals surface area contributed by atoms with Crippen molar-refractivity contribution in [3.05, 3.63) is 138 Å². The van der Waals surface area contributed by atoms with Gasteiger partial charge in [0.05, 0.1) is 12.3 Å². The molecule has 5 N–H and O–H groups in total. The lowest BCUT2D eigenvalue weighted by Gasteiger charge is -2.09. The summed E-state index contributed by atoms with van der Waals surface area (Å²) >= 11 is 0. The first kappa shape index (κ1) is 33.9. The lowest BCUT2D eigenvalue weighted by molar-refractivity contribution is -0.105. The molecule has 0 saturated carbocycles. The molecule has 0 unspecified atom stereocenters. The molecule has 7 heteroatoms. The van der Waals surface area contributed by atoms with Crippen molar-refractivity contribution in [1.82, 2.24) is 4.98 Å². The van der Waals surface area contributed by atoms with E-state index in [1.54, 1.807) is 18.2 Å². The van der Waals surface area contributed by atoms with Crippen molar-refractivity contribution in [2.24, 2.45) is 5.73 Å². The highest BCUT2D eigenvalue weighted by Gasteiger charge is 2.07. The maximum atomic E-state index is 10.9. The van der Waals surface area contributed by atoms with Crippen molar-refractivity contribution < 1.29 is 19.4 Å². The monoisotopic (exact) mass is 579 g/mol. The fourth-order valence-corrected chi connectivity index (χ4v) is 3.84. The Morgan fingerprint density at radius 1 is 0.953 bits per heavy atom. The normalized spacial score (nSPS) is 9.58. The Balaban J connectivity index is 0.000000205. The maximum absolute atomic E-state index is 10.9. The standard InChI is InChI=1S/C10H12N2O3.C10H12.C9H9N.C7H8O/c1-2-15-9-5-7(10(11)14)3-4-8(9)12-6-13;1-9(2)8-10-6-4-3-5-7-10;1-7-6-8-4-2-3-5-9(8)10-7;1-6-2-4-7(8)5-3-6/h3-6H,2H2,1H3,(H2,11,14)(H,12,13);3-7H,1,8H2,2H3;2-6,10H,1H3;2-5,8H,1H3. The number of nitrogens with one attached hydrogen (secondary N) is 2. The van der Waals surface area contributed by atoms with Gasteiger partial charge >= 0.3 is 0 Å². The molecule has 0 saturated heterocycles. The zero-order valence-electron chi connectivity index (χ0n) is 25.3. The Labute approximate surface area is 254 Å². The van der Waals surface area contributed by atoms with E-state index in [9.17, 15) is 9.59 Å². The average Bonchev–Trinajstić information content (AvgIpc) is 3.37. The lowest BCUT2D eigenvalue weighted by Crippen LogP contribution is -2.11. The summed E-state index contributed by atoms with van der Waals surface area (Å²) < 4.78 is 5.25. The summed E-state index contributed by atoms with van der Waals surface area (Å²) in [7, 11) is 0. The number of H-pyrrole nitrogens is 1. The number of carbonyl (C=O) groups is 2. The van der Waals surface area contributed by atoms with Crippen LogP contribution in [0.4, 0.5) is 5.69 Å². The number of fused-ring (bicyclic) bond motifs is 1. The number of phenols is 1. The van der Waals surface area contributed by atoms with E-state index in [1.807, 2.05) is 45.0 Å². The summed E-state index contributed by atoms with van der Waals surface area (Å²) in [6, 6.07) is 32.5. The number of carbonyl (C=O) groups excluding carboxylic acids is 2. The van der Waals surface area contributed by atoms with Crippen LogP contribution in [-0.4, -0.2) is 29.0 Å². The smallest absolute Gasteiger partial charge is 0.248 e. The molecule has 0 aliphatic rings. The molecule has 43 heavy (non-hydrogen) atoms. The van der Waals surface area contributed by atoms with Crippen molar-refractivity contribution >= 4 is 28.9 Å². The molecule has 2 amide bonds. The van der Waals surface area contributed by atoms with Crippen molar-refractivity contribution in [2.45, 2.75) is 34.1 Å². The molecular weight excluding hydrogens is 538 g/mol. The first-order valence-corrected chi connectivity index (χ1v) is 13.9. The van der Waals surface area contributed by atoms with E-state index in [4.69, 9.17) is 15.6 Å². The molecule has 1 heterocycles. The van der Waals surface area contributed by atoms with Crippen molar-refractivity contribution in [2.75, 3.05) is 11.9 Å². The molecule has 4 aromatic carbocycles. The molecule has 5 rings (SSSR count). The van der Waals surface area contributed by atoms with E-state index in [1.165, 1.54) is 45.4 Å². The van der Waals surface area contributed by atoms with Gasteiger partial charge in [0.25, 0.3) is 0 Å². The first-order chi connectivity index (χ1) is 20.6. The molecule has 5 aromatic rings. The van der Waals surface area contributed by atoms with Gasteiger partial charge in [-0.2, -0.15) is 0 Å². The molecule has 0 aliphatic carbocycles. The minimum absolute atomic E-state index is 0.329. The van der Waals surface area contributed by atoms with Gasteiger partial charge in [-0.25, -0.2) is 0 Å². The minimum atomic E-state index is -0.534. The molecule has 0 aliphatic heterocycles. The molecule has 0 bridgehead atoms. The van der Waals surface area contributed by atoms with Gasteiger partial charge in [-0.1, -0.05) is 78.4 Å². The summed E-state index contributed by atoms with van der Waals surface area (Å²) in [5.74, 6) is 0.227. The second-order valence-corrected chi connectivity index (χ2v) is 9.77. The van der Waals surface area contributed by atoms with Crippen LogP contribution in [0, 0.1) is 13.8 Å². The zero-order chi connectivity index (χ0) is 31.6. The molecule has 0 fully saturated rings. The van der Waals surface area contributed by atoms with Gasteiger partial charge in [-0.15, -0.1) is 0 Å². The number of hydrogen-bond acceptors (Lipinski definition) is 4. The Kier molecular flexibility index (Phi) is 14.3. The largest absolute Gasteiger partial charge is 0.508 e. The third-order valence-corrected chi connectivity index (χ3v) is 5.83. The van der Waals surface area contributed by atoms with E-state index in [-0.39, 0.29) is 0 Å². The SMILES string of the molecule is C=C(C)Cc1ccccc1.CCOc1cc(C(N)=O)ccc1NC=O.Cc1cc2ccccc2[nH]1.Cc1ccc(O)cc1. The van der Waals surface area contributed by atoms with Crippen LogP contribution >= 0.6 is 0 Å². The van der Waals surface area contributed by atoms with Crippen LogP contribution in [0.25, 0.3) is 10.9 Å². The highest BCUT2D eigenvalue weighted by atomic mass is 16.5. The number of allylic oxidation sites excluding steroid dienone is 1. The molecule has 0 atom stereocenters. The minimum Gasteiger partial charge on any atom is -0.508 e. The number of ether oxygens (including phenoxy) is 1. The second-order valence-electron chi connectivity index (χ2n) is 9.77. The second kappa shape index (κ2) is 18.2. The van der Waals surface area contributed by atoms with E-state index in [0.29, 0.717) is 35.8 Å². The zero-order valence-corrected chi connectivity index (χ0v) is 25.3. The number of primary amides is 1. The number of amides is 2. The third kappa shape index (κ3) is 12.8. The average molecular weight is 580 g/mol. The molecule has 7 nitrogen and oxygen atoms in total. The summed E-state index contributed by atoms with van der Waals surface area (Å²) in [6.45, 7) is 12.2. The lowest BCUT2D eigenvalue weighted by atomic mass is 10.1. The van der Waals surface area contributed by atoms with Gasteiger partial charge in [0, 0.05) is 16.8 Å². The van der Waals surface area contributed by atoms with Gasteiger partial charge in [0.1, 0.15) is 11.5 Å². The number of aromatic nitrogens is 1. The van der Waals surface area contributed by atoms with Crippen molar-refractivity contribution in [1.29, 1.82) is 0 Å². The van der Waals surface area contributed by atoms with Crippen LogP contribution in [-0.2, 0) is 11.2 Å². The van der Waals surface area contributed by atoms with Crippen molar-refractivity contribution in [3.8, 4) is 11.5 Å². The summed E-state index contributed by atoms with van der Waals surface area (Å²) in [6.07, 6.45) is 1.54. The third-order valence-electron chi connectivity index (χ3n) is 5.83. The summed E-state index contributed by atoms with van der Waals surface area (Å²) in [5.41, 5.74) is 12.1. The quantitative estimate of drug-likeness (QED) is 0.117. The summed E-state index contributed by atoms with van der Waals surface area (Å²) in [5, 5.41) is 12.5. The predicted octanol–water partition coefficient (Wildman–Crippen LogP) is 7.73. The van der Waals surface area contributed by atoms with E-state index in [2.05, 4.69) is 72.3 Å². The van der Waals surface area contributed by atoms with Gasteiger partial charge in [-0.3, -0.25) is 9.59 Å². The molecule has 1 aromatic heterocycles. The fraction of sp³-hybridized carbons (Fsp3) is 0.167. The topological polar surface area (TPSA) is 117 Å². The number of aromatic hydroxyl groups is 1. The van der Waals surface area contributed by atoms with Crippen LogP contribution < -0.4 is 15.8 Å². The Bertz CT molecular complexity index is 1520. The number of rotatable bonds is 7. The fourth-order valence-electron chi connectivity index (χ4n) is 3.84. The first-order valence-electron chi connectivity index (χ1n) is 13.9. The summed E-state index contributed by atoms with van der Waals surface area (Å²) in [4.78, 5) is 24.5. The van der Waals surface area contributed by atoms with E-state index < -0.39 is 5.91 Å². The van der Waals surface area contributed by atoms with Crippen molar-refractivity contribution in [3.63, 3.8) is 0 Å². The highest BCUT2D eigenvalue weighted by molar-refractivity contribution is 5.94. The highest BCUT2D eigenvalue weighted by Crippen LogP contribution is 2.25. The van der Waals surface area contributed by atoms with Gasteiger partial charge in [0.15, 0.2) is 0 Å². The van der Waals surface area contributed by atoms with Gasteiger partial charge in [0.2, 0.25) is 12.3 Å². The van der Waals surface area contributed by atoms with Gasteiger partial charge < -0.3 is 25.9 Å². The number of phenolic OH excluding ortho intramolecular Hbond substituents is 1. The molecule has 224 valence electrons. The Morgan fingerprint density at radius 3 is 2.16 bits per heavy atom. The molecular formula is C36H41N3O4. The number of aryl methyl sites for hydroxylation is 2. The number of hydrogen-bond donors (Lipinski definition) is 4. The number of aromatic amines is 1. The number of benzene rings is 4. The molecule has 0 spiro atoms. The number of para-hydroxylation sites is 1. The van der Waals surface area contributed by atoms with Crippen LogP contribution in [0.3, 0.4) is 0 Å². The van der Waals surface area contributed by atoms with E-state index in [0.717, 1.165) is 6.42 Å². The van der Waals surface area contributed by atoms with Crippen LogP contribution in [0.1, 0.15) is 41.0 Å². The van der Waals surface area contributed by atoms with E-state index >= 15 is 0 Å². The van der Waals surface area contributed by atoms with Crippen LogP contribution in [0.2, 0.25) is 0 Å². The maximum Gasteiger partial charge on any atom is 0.248 e. The Morgan fingerprint density at radius 2 is 1.60 bits per heavy atom. The predicted molar refractivity (Wildman–Crippen MR) is 177 cm³/mol.